The van der Waals surface area contributed by atoms with Crippen LogP contribution in [0.3, 0.4) is 0 Å². The third-order valence-corrected chi connectivity index (χ3v) is 4.27. The second-order valence-electron chi connectivity index (χ2n) is 5.95. The first kappa shape index (κ1) is 20.6. The summed E-state index contributed by atoms with van der Waals surface area (Å²) in [5.74, 6) is -3.94. The molecule has 0 radical (unpaired) electrons. The number of anilines is 1. The van der Waals surface area contributed by atoms with Gasteiger partial charge in [-0.3, -0.25) is 29.8 Å². The van der Waals surface area contributed by atoms with Crippen molar-refractivity contribution in [3.8, 4) is 0 Å². The van der Waals surface area contributed by atoms with E-state index in [0.717, 1.165) is 23.2 Å². The van der Waals surface area contributed by atoms with Crippen LogP contribution in [-0.4, -0.2) is 34.9 Å². The molecule has 3 rings (SSSR count). The van der Waals surface area contributed by atoms with Crippen molar-refractivity contribution < 1.29 is 24.1 Å². The summed E-state index contributed by atoms with van der Waals surface area (Å²) >= 11 is 5.80. The maximum absolute atomic E-state index is 12.6. The zero-order valence-electron chi connectivity index (χ0n) is 14.9. The molecule has 2 aromatic rings. The van der Waals surface area contributed by atoms with Crippen molar-refractivity contribution in [3.05, 3.63) is 69.2 Å². The van der Waals surface area contributed by atoms with Crippen molar-refractivity contribution in [3.63, 3.8) is 0 Å². The third-order valence-electron chi connectivity index (χ3n) is 4.02. The fraction of sp³-hybridized carbons (Fsp3) is 0.0556. The number of carbonyl (C=O) groups is 4. The first-order chi connectivity index (χ1) is 14.3. The van der Waals surface area contributed by atoms with Crippen molar-refractivity contribution in [2.75, 3.05) is 4.90 Å². The number of nitro benzene ring substituents is 1. The highest BCUT2D eigenvalue weighted by Crippen LogP contribution is 2.22. The molecule has 0 bridgehead atoms. The molecular formula is C18H12ClN5O6. The van der Waals surface area contributed by atoms with Gasteiger partial charge in [0.05, 0.1) is 10.6 Å². The number of benzene rings is 2. The number of non-ortho nitro benzene ring substituents is 1. The molecule has 0 aliphatic carbocycles. The Bertz CT molecular complexity index is 1070. The van der Waals surface area contributed by atoms with E-state index in [4.69, 9.17) is 11.6 Å². The predicted octanol–water partition coefficient (Wildman–Crippen LogP) is 1.86. The summed E-state index contributed by atoms with van der Waals surface area (Å²) in [5, 5.41) is 16.7. The van der Waals surface area contributed by atoms with Crippen LogP contribution in [0.25, 0.3) is 0 Å². The molecule has 2 N–H and O–H groups in total. The first-order valence-electron chi connectivity index (χ1n) is 8.30. The Balaban J connectivity index is 1.71. The minimum Gasteiger partial charge on any atom is -0.276 e. The number of halogens is 1. The SMILES string of the molecule is O=C(N/N=C\[C@H]1C(=O)NC(=O)N(c2ccc(Cl)cc2)C1=O)c1ccc([N+](=O)[O-])cc1. The van der Waals surface area contributed by atoms with Gasteiger partial charge in [-0.05, 0) is 36.4 Å². The number of hydrogen-bond acceptors (Lipinski definition) is 7. The fourth-order valence-electron chi connectivity index (χ4n) is 2.53. The number of nitro groups is 1. The Hall–Kier alpha value is -4.12. The van der Waals surface area contributed by atoms with Gasteiger partial charge in [0.15, 0.2) is 5.92 Å². The number of rotatable bonds is 5. The average Bonchev–Trinajstić information content (AvgIpc) is 2.71. The molecule has 0 aromatic heterocycles. The zero-order valence-corrected chi connectivity index (χ0v) is 15.7. The van der Waals surface area contributed by atoms with Gasteiger partial charge in [-0.15, -0.1) is 0 Å². The van der Waals surface area contributed by atoms with E-state index in [1.807, 2.05) is 5.32 Å². The molecule has 5 amide bonds. The summed E-state index contributed by atoms with van der Waals surface area (Å²) in [6, 6.07) is 9.62. The predicted molar refractivity (Wildman–Crippen MR) is 105 cm³/mol. The molecule has 1 fully saturated rings. The summed E-state index contributed by atoms with van der Waals surface area (Å²) in [4.78, 5) is 59.5. The summed E-state index contributed by atoms with van der Waals surface area (Å²) < 4.78 is 0. The number of hydrazone groups is 1. The minimum atomic E-state index is -1.46. The van der Waals surface area contributed by atoms with Crippen LogP contribution in [0, 0.1) is 16.0 Å². The molecule has 12 heteroatoms. The fourth-order valence-corrected chi connectivity index (χ4v) is 2.65. The third kappa shape index (κ3) is 4.31. The number of urea groups is 1. The van der Waals surface area contributed by atoms with Crippen molar-refractivity contribution in [1.82, 2.24) is 10.7 Å². The summed E-state index contributed by atoms with van der Waals surface area (Å²) in [6.07, 6.45) is 0.885. The Morgan fingerprint density at radius 2 is 1.77 bits per heavy atom. The molecule has 0 unspecified atom stereocenters. The minimum absolute atomic E-state index is 0.0788. The van der Waals surface area contributed by atoms with Gasteiger partial charge in [0.1, 0.15) is 0 Å². The maximum atomic E-state index is 12.6. The van der Waals surface area contributed by atoms with Crippen LogP contribution in [0.5, 0.6) is 0 Å². The monoisotopic (exact) mass is 429 g/mol. The van der Waals surface area contributed by atoms with Crippen LogP contribution < -0.4 is 15.6 Å². The van der Waals surface area contributed by atoms with Crippen molar-refractivity contribution in [2.24, 2.45) is 11.0 Å². The smallest absolute Gasteiger partial charge is 0.276 e. The number of nitrogens with zero attached hydrogens (tertiary/aromatic N) is 3. The number of hydrogen-bond donors (Lipinski definition) is 2. The lowest BCUT2D eigenvalue weighted by molar-refractivity contribution is -0.384. The maximum Gasteiger partial charge on any atom is 0.335 e. The lowest BCUT2D eigenvalue weighted by Crippen LogP contribution is -2.58. The summed E-state index contributed by atoms with van der Waals surface area (Å²) in [7, 11) is 0. The van der Waals surface area contributed by atoms with Crippen molar-refractivity contribution >= 4 is 52.9 Å². The van der Waals surface area contributed by atoms with E-state index in [9.17, 15) is 29.3 Å². The highest BCUT2D eigenvalue weighted by atomic mass is 35.5. The van der Waals surface area contributed by atoms with E-state index in [2.05, 4.69) is 10.5 Å². The number of barbiturate groups is 1. The van der Waals surface area contributed by atoms with Gasteiger partial charge in [0.25, 0.3) is 17.5 Å². The van der Waals surface area contributed by atoms with Crippen LogP contribution in [-0.2, 0) is 9.59 Å². The molecule has 30 heavy (non-hydrogen) atoms. The summed E-state index contributed by atoms with van der Waals surface area (Å²) in [5.41, 5.74) is 2.20. The van der Waals surface area contributed by atoms with Crippen LogP contribution in [0.4, 0.5) is 16.2 Å². The molecule has 1 atom stereocenters. The van der Waals surface area contributed by atoms with Crippen LogP contribution in [0.15, 0.2) is 53.6 Å². The van der Waals surface area contributed by atoms with Gasteiger partial charge < -0.3 is 0 Å². The van der Waals surface area contributed by atoms with E-state index in [0.29, 0.717) is 5.02 Å². The Kier molecular flexibility index (Phi) is 5.83. The molecule has 11 nitrogen and oxygen atoms in total. The van der Waals surface area contributed by atoms with Gasteiger partial charge >= 0.3 is 6.03 Å². The van der Waals surface area contributed by atoms with Gasteiger partial charge in [-0.25, -0.2) is 15.1 Å². The molecule has 152 valence electrons. The average molecular weight is 430 g/mol. The first-order valence-corrected chi connectivity index (χ1v) is 8.68. The van der Waals surface area contributed by atoms with Crippen LogP contribution in [0.1, 0.15) is 10.4 Å². The largest absolute Gasteiger partial charge is 0.335 e. The van der Waals surface area contributed by atoms with Crippen molar-refractivity contribution in [1.29, 1.82) is 0 Å². The molecule has 1 heterocycles. The van der Waals surface area contributed by atoms with E-state index < -0.39 is 34.6 Å². The molecule has 0 spiro atoms. The number of amides is 5. The quantitative estimate of drug-likeness (QED) is 0.320. The lowest BCUT2D eigenvalue weighted by atomic mass is 10.1. The van der Waals surface area contributed by atoms with E-state index in [-0.39, 0.29) is 16.9 Å². The zero-order chi connectivity index (χ0) is 21.8. The Morgan fingerprint density at radius 3 is 2.37 bits per heavy atom. The number of nitrogens with one attached hydrogen (secondary N) is 2. The Morgan fingerprint density at radius 1 is 1.13 bits per heavy atom. The van der Waals surface area contributed by atoms with E-state index in [1.165, 1.54) is 36.4 Å². The molecule has 0 saturated carbocycles. The van der Waals surface area contributed by atoms with Gasteiger partial charge in [0.2, 0.25) is 5.91 Å². The van der Waals surface area contributed by atoms with Crippen LogP contribution >= 0.6 is 11.6 Å². The second kappa shape index (κ2) is 8.49. The molecule has 1 saturated heterocycles. The van der Waals surface area contributed by atoms with Gasteiger partial charge in [-0.1, -0.05) is 11.6 Å². The lowest BCUT2D eigenvalue weighted by Gasteiger charge is -2.28. The van der Waals surface area contributed by atoms with Crippen LogP contribution in [0.2, 0.25) is 5.02 Å². The molecule has 1 aliphatic rings. The Labute approximate surface area is 173 Å². The highest BCUT2D eigenvalue weighted by molar-refractivity contribution is 6.33. The standard InChI is InChI=1S/C18H12ClN5O6/c19-11-3-7-12(8-4-11)23-17(27)14(16(26)21-18(23)28)9-20-22-15(25)10-1-5-13(6-2-10)24(29)30/h1-9,14H,(H,22,25)(H,21,26,28)/b20-9-/t14-/m0/s1. The van der Waals surface area contributed by atoms with E-state index in [1.54, 1.807) is 0 Å². The topological polar surface area (TPSA) is 151 Å². The molecule has 2 aromatic carbocycles. The highest BCUT2D eigenvalue weighted by Gasteiger charge is 2.40. The molecular weight excluding hydrogens is 418 g/mol. The van der Waals surface area contributed by atoms with Gasteiger partial charge in [0, 0.05) is 28.9 Å². The van der Waals surface area contributed by atoms with Crippen molar-refractivity contribution in [2.45, 2.75) is 0 Å². The summed E-state index contributed by atoms with van der Waals surface area (Å²) in [6.45, 7) is 0. The second-order valence-corrected chi connectivity index (χ2v) is 6.38. The number of carbonyl (C=O) groups excluding carboxylic acids is 4. The van der Waals surface area contributed by atoms with E-state index >= 15 is 0 Å². The van der Waals surface area contributed by atoms with Gasteiger partial charge in [-0.2, -0.15) is 5.10 Å². The normalized spacial score (nSPS) is 16.5. The number of imide groups is 2. The molecule has 1 aliphatic heterocycles.